The molecule has 1 N–H and O–H groups in total. The van der Waals surface area contributed by atoms with Gasteiger partial charge in [0.05, 0.1) is 0 Å². The van der Waals surface area contributed by atoms with Crippen molar-refractivity contribution in [2.45, 2.75) is 6.54 Å². The van der Waals surface area contributed by atoms with E-state index in [1.165, 1.54) is 5.56 Å². The second-order valence-corrected chi connectivity index (χ2v) is 5.63. The van der Waals surface area contributed by atoms with E-state index in [-0.39, 0.29) is 0 Å². The third kappa shape index (κ3) is 4.46. The van der Waals surface area contributed by atoms with Crippen molar-refractivity contribution in [2.24, 2.45) is 0 Å². The first kappa shape index (κ1) is 15.3. The van der Waals surface area contributed by atoms with Crippen molar-refractivity contribution in [1.29, 1.82) is 0 Å². The lowest BCUT2D eigenvalue weighted by molar-refractivity contribution is -0.131. The molecule has 0 spiro atoms. The van der Waals surface area contributed by atoms with Crippen LogP contribution in [-0.4, -0.2) is 18.1 Å². The molecule has 0 atom stereocenters. The molecule has 2 aromatic carbocycles. The lowest BCUT2D eigenvalue weighted by Gasteiger charge is -2.21. The number of rotatable bonds is 5. The van der Waals surface area contributed by atoms with Crippen LogP contribution < -0.4 is 4.90 Å². The maximum Gasteiger partial charge on any atom is 0.328 e. The van der Waals surface area contributed by atoms with E-state index in [1.807, 2.05) is 43.4 Å². The number of aliphatic carboxylic acids is 1. The van der Waals surface area contributed by atoms with Gasteiger partial charge >= 0.3 is 5.97 Å². The molecule has 108 valence electrons. The number of hydrogen-bond acceptors (Lipinski definition) is 2. The predicted molar refractivity (Wildman–Crippen MR) is 89.4 cm³/mol. The van der Waals surface area contributed by atoms with Crippen LogP contribution in [-0.2, 0) is 11.3 Å². The minimum Gasteiger partial charge on any atom is -0.478 e. The van der Waals surface area contributed by atoms with Crippen LogP contribution in [0.15, 0.2) is 59.1 Å². The Bertz CT molecular complexity index is 650. The summed E-state index contributed by atoms with van der Waals surface area (Å²) in [6.45, 7) is 0.755. The van der Waals surface area contributed by atoms with Gasteiger partial charge in [-0.3, -0.25) is 0 Å². The summed E-state index contributed by atoms with van der Waals surface area (Å²) in [6.07, 6.45) is 2.78. The van der Waals surface area contributed by atoms with Crippen LogP contribution in [0.1, 0.15) is 11.1 Å². The van der Waals surface area contributed by atoms with Crippen LogP contribution in [0.5, 0.6) is 0 Å². The molecule has 0 aliphatic rings. The highest BCUT2D eigenvalue weighted by molar-refractivity contribution is 9.10. The molecule has 2 rings (SSSR count). The molecular weight excluding hydrogens is 330 g/mol. The highest BCUT2D eigenvalue weighted by atomic mass is 79.9. The van der Waals surface area contributed by atoms with Gasteiger partial charge < -0.3 is 10.0 Å². The second kappa shape index (κ2) is 7.09. The van der Waals surface area contributed by atoms with Gasteiger partial charge in [-0.1, -0.05) is 46.3 Å². The number of hydrogen-bond donors (Lipinski definition) is 1. The first-order chi connectivity index (χ1) is 10.1. The zero-order valence-electron chi connectivity index (χ0n) is 11.7. The van der Waals surface area contributed by atoms with Crippen LogP contribution in [0.25, 0.3) is 6.08 Å². The van der Waals surface area contributed by atoms with Gasteiger partial charge in [0.25, 0.3) is 0 Å². The van der Waals surface area contributed by atoms with E-state index in [2.05, 4.69) is 33.0 Å². The van der Waals surface area contributed by atoms with Crippen molar-refractivity contribution in [3.63, 3.8) is 0 Å². The van der Waals surface area contributed by atoms with E-state index in [0.29, 0.717) is 0 Å². The molecule has 21 heavy (non-hydrogen) atoms. The third-order valence-electron chi connectivity index (χ3n) is 3.09. The second-order valence-electron chi connectivity index (χ2n) is 4.71. The summed E-state index contributed by atoms with van der Waals surface area (Å²) in [4.78, 5) is 12.8. The summed E-state index contributed by atoms with van der Waals surface area (Å²) >= 11 is 3.42. The molecule has 0 aliphatic carbocycles. The van der Waals surface area contributed by atoms with Crippen molar-refractivity contribution >= 4 is 33.7 Å². The van der Waals surface area contributed by atoms with Gasteiger partial charge in [-0.25, -0.2) is 4.79 Å². The van der Waals surface area contributed by atoms with Gasteiger partial charge in [-0.05, 0) is 35.4 Å². The summed E-state index contributed by atoms with van der Waals surface area (Å²) in [6, 6.07) is 15.9. The highest BCUT2D eigenvalue weighted by Gasteiger charge is 2.06. The lowest BCUT2D eigenvalue weighted by atomic mass is 10.1. The maximum absolute atomic E-state index is 10.7. The number of carbonyl (C=O) groups is 1. The Labute approximate surface area is 132 Å². The Morgan fingerprint density at radius 3 is 2.52 bits per heavy atom. The molecule has 0 saturated heterocycles. The van der Waals surface area contributed by atoms with Crippen LogP contribution in [0, 0.1) is 0 Å². The minimum atomic E-state index is -0.944. The SMILES string of the molecule is CN(Cc1ccc(Br)cc1)c1ccccc1C=CC(=O)O. The van der Waals surface area contributed by atoms with Gasteiger partial charge in [0.1, 0.15) is 0 Å². The zero-order chi connectivity index (χ0) is 15.2. The smallest absolute Gasteiger partial charge is 0.328 e. The van der Waals surface area contributed by atoms with Crippen LogP contribution in [0.2, 0.25) is 0 Å². The van der Waals surface area contributed by atoms with E-state index < -0.39 is 5.97 Å². The molecule has 0 unspecified atom stereocenters. The predicted octanol–water partition coefficient (Wildman–Crippen LogP) is 4.18. The van der Waals surface area contributed by atoms with E-state index in [1.54, 1.807) is 6.08 Å². The first-order valence-electron chi connectivity index (χ1n) is 6.52. The fraction of sp³-hybridized carbons (Fsp3) is 0.118. The Morgan fingerprint density at radius 2 is 1.86 bits per heavy atom. The van der Waals surface area contributed by atoms with Gasteiger partial charge in [0.15, 0.2) is 0 Å². The molecule has 0 bridgehead atoms. The van der Waals surface area contributed by atoms with Crippen LogP contribution in [0.3, 0.4) is 0 Å². The average Bonchev–Trinajstić information content (AvgIpc) is 2.47. The maximum atomic E-state index is 10.7. The normalized spacial score (nSPS) is 10.8. The molecule has 3 nitrogen and oxygen atoms in total. The quantitative estimate of drug-likeness (QED) is 0.826. The third-order valence-corrected chi connectivity index (χ3v) is 3.62. The van der Waals surface area contributed by atoms with E-state index in [4.69, 9.17) is 5.11 Å². The number of halogens is 1. The molecule has 0 aliphatic heterocycles. The molecule has 0 radical (unpaired) electrons. The van der Waals surface area contributed by atoms with Gasteiger partial charge in [-0.15, -0.1) is 0 Å². The molecule has 0 fully saturated rings. The Kier molecular flexibility index (Phi) is 5.17. The number of anilines is 1. The lowest BCUT2D eigenvalue weighted by Crippen LogP contribution is -2.17. The van der Waals surface area contributed by atoms with Crippen molar-refractivity contribution in [3.8, 4) is 0 Å². The highest BCUT2D eigenvalue weighted by Crippen LogP contribution is 2.22. The van der Waals surface area contributed by atoms with Crippen molar-refractivity contribution in [2.75, 3.05) is 11.9 Å². The van der Waals surface area contributed by atoms with Gasteiger partial charge in [0, 0.05) is 29.8 Å². The van der Waals surface area contributed by atoms with Crippen LogP contribution in [0.4, 0.5) is 5.69 Å². The molecule has 0 aromatic heterocycles. The summed E-state index contributed by atoms with van der Waals surface area (Å²) < 4.78 is 1.05. The van der Waals surface area contributed by atoms with E-state index in [0.717, 1.165) is 28.3 Å². The number of benzene rings is 2. The summed E-state index contributed by atoms with van der Waals surface area (Å²) in [5.74, 6) is -0.944. The molecule has 2 aromatic rings. The molecular formula is C17H16BrNO2. The first-order valence-corrected chi connectivity index (χ1v) is 7.31. The number of para-hydroxylation sites is 1. The molecule has 4 heteroatoms. The summed E-state index contributed by atoms with van der Waals surface area (Å²) in [5.41, 5.74) is 3.08. The molecule has 0 heterocycles. The Hall–Kier alpha value is -2.07. The largest absolute Gasteiger partial charge is 0.478 e. The summed E-state index contributed by atoms with van der Waals surface area (Å²) in [7, 11) is 2.00. The van der Waals surface area contributed by atoms with Gasteiger partial charge in [0.2, 0.25) is 0 Å². The number of carboxylic acid groups (broad SMARTS) is 1. The van der Waals surface area contributed by atoms with Crippen LogP contribution >= 0.6 is 15.9 Å². The number of carboxylic acids is 1. The standard InChI is InChI=1S/C17H16BrNO2/c1-19(12-13-6-9-15(18)10-7-13)16-5-3-2-4-14(16)8-11-17(20)21/h2-11H,12H2,1H3,(H,20,21). The van der Waals surface area contributed by atoms with Gasteiger partial charge in [-0.2, -0.15) is 0 Å². The monoisotopic (exact) mass is 345 g/mol. The summed E-state index contributed by atoms with van der Waals surface area (Å²) in [5, 5.41) is 8.76. The van der Waals surface area contributed by atoms with E-state index >= 15 is 0 Å². The fourth-order valence-corrected chi connectivity index (χ4v) is 2.35. The molecule has 0 amide bonds. The Balaban J connectivity index is 2.20. The average molecular weight is 346 g/mol. The van der Waals surface area contributed by atoms with E-state index in [9.17, 15) is 4.79 Å². The molecule has 0 saturated carbocycles. The van der Waals surface area contributed by atoms with Crippen molar-refractivity contribution < 1.29 is 9.90 Å². The minimum absolute atomic E-state index is 0.755. The Morgan fingerprint density at radius 1 is 1.19 bits per heavy atom. The fourth-order valence-electron chi connectivity index (χ4n) is 2.09. The zero-order valence-corrected chi connectivity index (χ0v) is 13.2. The number of nitrogens with zero attached hydrogens (tertiary/aromatic N) is 1. The van der Waals surface area contributed by atoms with Crippen molar-refractivity contribution in [3.05, 3.63) is 70.2 Å². The van der Waals surface area contributed by atoms with Crippen molar-refractivity contribution in [1.82, 2.24) is 0 Å². The topological polar surface area (TPSA) is 40.5 Å².